The summed E-state index contributed by atoms with van der Waals surface area (Å²) in [6.07, 6.45) is 1.46. The zero-order valence-corrected chi connectivity index (χ0v) is 7.44. The highest BCUT2D eigenvalue weighted by atomic mass is 16.3. The monoisotopic (exact) mass is 187 g/mol. The number of hydrogen-bond acceptors (Lipinski definition) is 3. The van der Waals surface area contributed by atoms with Crippen LogP contribution in [0.4, 0.5) is 5.69 Å². The van der Waals surface area contributed by atoms with Gasteiger partial charge in [-0.2, -0.15) is 0 Å². The summed E-state index contributed by atoms with van der Waals surface area (Å²) in [5.74, 6) is 0.121. The molecule has 70 valence electrons. The van der Waals surface area contributed by atoms with Gasteiger partial charge in [0.15, 0.2) is 5.76 Å². The predicted octanol–water partition coefficient (Wildman–Crippen LogP) is 2.09. The molecular formula is C11H9NO2. The molecule has 0 bridgehead atoms. The van der Waals surface area contributed by atoms with Crippen molar-refractivity contribution in [1.82, 2.24) is 0 Å². The van der Waals surface area contributed by atoms with Gasteiger partial charge in [-0.25, -0.2) is 0 Å². The van der Waals surface area contributed by atoms with Crippen LogP contribution >= 0.6 is 0 Å². The zero-order chi connectivity index (χ0) is 9.97. The van der Waals surface area contributed by atoms with Gasteiger partial charge in [0.25, 0.3) is 0 Å². The van der Waals surface area contributed by atoms with E-state index >= 15 is 0 Å². The molecule has 0 aliphatic carbocycles. The molecule has 3 nitrogen and oxygen atoms in total. The summed E-state index contributed by atoms with van der Waals surface area (Å²) in [6, 6.07) is 10.2. The van der Waals surface area contributed by atoms with E-state index in [1.807, 2.05) is 0 Å². The van der Waals surface area contributed by atoms with Gasteiger partial charge in [-0.05, 0) is 24.3 Å². The Balaban J connectivity index is 2.42. The minimum absolute atomic E-state index is 0.187. The number of anilines is 1. The fourth-order valence-corrected chi connectivity index (χ4v) is 1.24. The normalized spacial score (nSPS) is 10.0. The number of rotatable bonds is 2. The number of para-hydroxylation sites is 1. The van der Waals surface area contributed by atoms with Crippen molar-refractivity contribution in [1.29, 1.82) is 0 Å². The second-order valence-electron chi connectivity index (χ2n) is 2.89. The Kier molecular flexibility index (Phi) is 2.07. The number of hydrogen-bond donors (Lipinski definition) is 1. The van der Waals surface area contributed by atoms with Crippen LogP contribution in [-0.4, -0.2) is 5.78 Å². The van der Waals surface area contributed by atoms with Crippen molar-refractivity contribution in [3.05, 3.63) is 54.0 Å². The predicted molar refractivity (Wildman–Crippen MR) is 53.0 cm³/mol. The average Bonchev–Trinajstić information content (AvgIpc) is 2.70. The van der Waals surface area contributed by atoms with Gasteiger partial charge in [-0.1, -0.05) is 12.1 Å². The fraction of sp³-hybridized carbons (Fsp3) is 0. The molecule has 0 unspecified atom stereocenters. The maximum Gasteiger partial charge on any atom is 0.230 e. The third-order valence-electron chi connectivity index (χ3n) is 1.95. The highest BCUT2D eigenvalue weighted by molar-refractivity contribution is 6.10. The number of carbonyl (C=O) groups is 1. The van der Waals surface area contributed by atoms with Crippen LogP contribution < -0.4 is 5.73 Å². The zero-order valence-electron chi connectivity index (χ0n) is 7.44. The van der Waals surface area contributed by atoms with Crippen LogP contribution in [0.15, 0.2) is 47.1 Å². The quantitative estimate of drug-likeness (QED) is 0.578. The molecule has 1 aromatic heterocycles. The molecule has 0 fully saturated rings. The Hall–Kier alpha value is -2.03. The van der Waals surface area contributed by atoms with Crippen molar-refractivity contribution >= 4 is 11.5 Å². The van der Waals surface area contributed by atoms with Gasteiger partial charge in [0.2, 0.25) is 5.78 Å². The van der Waals surface area contributed by atoms with E-state index in [9.17, 15) is 4.79 Å². The molecule has 0 spiro atoms. The molecule has 3 heteroatoms. The molecule has 14 heavy (non-hydrogen) atoms. The third-order valence-corrected chi connectivity index (χ3v) is 1.95. The van der Waals surface area contributed by atoms with E-state index in [0.29, 0.717) is 17.0 Å². The molecule has 0 radical (unpaired) electrons. The van der Waals surface area contributed by atoms with E-state index in [-0.39, 0.29) is 5.78 Å². The van der Waals surface area contributed by atoms with Crippen LogP contribution in [0.2, 0.25) is 0 Å². The number of carbonyl (C=O) groups excluding carboxylic acids is 1. The lowest BCUT2D eigenvalue weighted by atomic mass is 10.1. The number of benzene rings is 1. The molecule has 1 aromatic carbocycles. The maximum absolute atomic E-state index is 11.8. The summed E-state index contributed by atoms with van der Waals surface area (Å²) in [5, 5.41) is 0. The van der Waals surface area contributed by atoms with Gasteiger partial charge < -0.3 is 10.2 Å². The minimum Gasteiger partial charge on any atom is -0.461 e. The first-order chi connectivity index (χ1) is 6.79. The molecule has 0 saturated carbocycles. The van der Waals surface area contributed by atoms with Crippen molar-refractivity contribution in [2.24, 2.45) is 0 Å². The molecule has 0 saturated heterocycles. The Labute approximate surface area is 81.1 Å². The summed E-state index contributed by atoms with van der Waals surface area (Å²) in [7, 11) is 0. The fourth-order valence-electron chi connectivity index (χ4n) is 1.24. The van der Waals surface area contributed by atoms with Crippen LogP contribution in [0, 0.1) is 0 Å². The van der Waals surface area contributed by atoms with Gasteiger partial charge in [0.05, 0.1) is 6.26 Å². The highest BCUT2D eigenvalue weighted by Crippen LogP contribution is 2.16. The summed E-state index contributed by atoms with van der Waals surface area (Å²) in [4.78, 5) is 11.8. The highest BCUT2D eigenvalue weighted by Gasteiger charge is 2.13. The number of ketones is 1. The maximum atomic E-state index is 11.8. The molecule has 0 amide bonds. The third kappa shape index (κ3) is 1.40. The minimum atomic E-state index is -0.187. The molecule has 2 rings (SSSR count). The van der Waals surface area contributed by atoms with E-state index in [1.54, 1.807) is 36.4 Å². The van der Waals surface area contributed by atoms with Crippen molar-refractivity contribution < 1.29 is 9.21 Å². The second-order valence-corrected chi connectivity index (χ2v) is 2.89. The van der Waals surface area contributed by atoms with Gasteiger partial charge >= 0.3 is 0 Å². The summed E-state index contributed by atoms with van der Waals surface area (Å²) < 4.78 is 5.00. The Morgan fingerprint density at radius 1 is 1.14 bits per heavy atom. The van der Waals surface area contributed by atoms with E-state index < -0.39 is 0 Å². The molecule has 0 atom stereocenters. The van der Waals surface area contributed by atoms with E-state index in [0.717, 1.165) is 0 Å². The smallest absolute Gasteiger partial charge is 0.230 e. The van der Waals surface area contributed by atoms with Crippen molar-refractivity contribution in [3.8, 4) is 0 Å². The number of nitrogen functional groups attached to an aromatic ring is 1. The van der Waals surface area contributed by atoms with Crippen LogP contribution in [0.3, 0.4) is 0 Å². The van der Waals surface area contributed by atoms with Gasteiger partial charge in [0.1, 0.15) is 0 Å². The molecule has 2 N–H and O–H groups in total. The average molecular weight is 187 g/mol. The second kappa shape index (κ2) is 3.38. The van der Waals surface area contributed by atoms with Gasteiger partial charge in [-0.3, -0.25) is 4.79 Å². The topological polar surface area (TPSA) is 56.2 Å². The molecular weight excluding hydrogens is 178 g/mol. The first kappa shape index (κ1) is 8.56. The summed E-state index contributed by atoms with van der Waals surface area (Å²) in [6.45, 7) is 0. The summed E-state index contributed by atoms with van der Waals surface area (Å²) >= 11 is 0. The largest absolute Gasteiger partial charge is 0.461 e. The number of nitrogens with two attached hydrogens (primary N) is 1. The Bertz CT molecular complexity index is 446. The van der Waals surface area contributed by atoms with Crippen LogP contribution in [0.25, 0.3) is 0 Å². The van der Waals surface area contributed by atoms with Crippen LogP contribution in [0.5, 0.6) is 0 Å². The van der Waals surface area contributed by atoms with Crippen LogP contribution in [0.1, 0.15) is 16.1 Å². The van der Waals surface area contributed by atoms with E-state index in [4.69, 9.17) is 10.2 Å². The van der Waals surface area contributed by atoms with Gasteiger partial charge in [0, 0.05) is 11.3 Å². The molecule has 2 aromatic rings. The lowest BCUT2D eigenvalue weighted by Crippen LogP contribution is -2.03. The summed E-state index contributed by atoms with van der Waals surface area (Å²) in [5.41, 5.74) is 6.61. The van der Waals surface area contributed by atoms with Crippen LogP contribution in [-0.2, 0) is 0 Å². The Morgan fingerprint density at radius 2 is 1.93 bits per heavy atom. The standard InChI is InChI=1S/C11H9NO2/c12-9-5-2-1-4-8(9)11(13)10-6-3-7-14-10/h1-7H,12H2. The number of furan rings is 1. The van der Waals surface area contributed by atoms with E-state index in [2.05, 4.69) is 0 Å². The van der Waals surface area contributed by atoms with Crippen molar-refractivity contribution in [3.63, 3.8) is 0 Å². The molecule has 1 heterocycles. The lowest BCUT2D eigenvalue weighted by Gasteiger charge is -2.00. The Morgan fingerprint density at radius 3 is 2.57 bits per heavy atom. The SMILES string of the molecule is Nc1ccccc1C(=O)c1ccco1. The van der Waals surface area contributed by atoms with Crippen molar-refractivity contribution in [2.75, 3.05) is 5.73 Å². The van der Waals surface area contributed by atoms with Crippen molar-refractivity contribution in [2.45, 2.75) is 0 Å². The van der Waals surface area contributed by atoms with E-state index in [1.165, 1.54) is 6.26 Å². The molecule has 0 aliphatic rings. The van der Waals surface area contributed by atoms with Gasteiger partial charge in [-0.15, -0.1) is 0 Å². The first-order valence-electron chi connectivity index (χ1n) is 4.22. The lowest BCUT2D eigenvalue weighted by molar-refractivity contribution is 0.101. The first-order valence-corrected chi connectivity index (χ1v) is 4.22. The molecule has 0 aliphatic heterocycles.